The van der Waals surface area contributed by atoms with E-state index in [0.717, 1.165) is 31.3 Å². The van der Waals surface area contributed by atoms with Gasteiger partial charge >= 0.3 is 0 Å². The predicted molar refractivity (Wildman–Crippen MR) is 81.0 cm³/mol. The maximum Gasteiger partial charge on any atom is 0.257 e. The van der Waals surface area contributed by atoms with Crippen LogP contribution in [0.5, 0.6) is 0 Å². The molecular weight excluding hydrogens is 291 g/mol. The minimum absolute atomic E-state index is 0.0920. The molecule has 0 aliphatic carbocycles. The third kappa shape index (κ3) is 2.86. The van der Waals surface area contributed by atoms with Crippen LogP contribution in [0.1, 0.15) is 30.1 Å². The minimum atomic E-state index is -0.366. The average Bonchev–Trinajstić information content (AvgIpc) is 2.46. The first-order valence-corrected chi connectivity index (χ1v) is 7.47. The number of aromatic nitrogens is 1. The van der Waals surface area contributed by atoms with Gasteiger partial charge in [0.15, 0.2) is 0 Å². The van der Waals surface area contributed by atoms with Gasteiger partial charge in [-0.05, 0) is 37.0 Å². The zero-order chi connectivity index (χ0) is 15.0. The van der Waals surface area contributed by atoms with Crippen LogP contribution in [0, 0.1) is 11.7 Å². The quantitative estimate of drug-likeness (QED) is 0.749. The average molecular weight is 307 g/mol. The molecule has 2 heterocycles. The molecule has 0 saturated carbocycles. The Hall–Kier alpha value is -1.68. The van der Waals surface area contributed by atoms with Crippen LogP contribution in [-0.4, -0.2) is 28.9 Å². The molecule has 21 heavy (non-hydrogen) atoms. The molecule has 1 fully saturated rings. The Morgan fingerprint density at radius 1 is 1.33 bits per heavy atom. The van der Waals surface area contributed by atoms with Gasteiger partial charge in [0.2, 0.25) is 0 Å². The lowest BCUT2D eigenvalue weighted by atomic mass is 9.98. The lowest BCUT2D eigenvalue weighted by Gasteiger charge is -2.30. The number of benzene rings is 1. The van der Waals surface area contributed by atoms with Gasteiger partial charge in [-0.3, -0.25) is 4.79 Å². The molecule has 1 aliphatic rings. The fourth-order valence-electron chi connectivity index (χ4n) is 2.65. The Kier molecular flexibility index (Phi) is 3.81. The van der Waals surface area contributed by atoms with E-state index in [0.29, 0.717) is 17.0 Å². The predicted octanol–water partition coefficient (Wildman–Crippen LogP) is 3.90. The number of carbonyl (C=O) groups excluding carboxylic acids is 1. The van der Waals surface area contributed by atoms with Crippen molar-refractivity contribution in [1.29, 1.82) is 0 Å². The Morgan fingerprint density at radius 2 is 2.05 bits per heavy atom. The number of halogens is 2. The van der Waals surface area contributed by atoms with Gasteiger partial charge in [0.25, 0.3) is 5.91 Å². The topological polar surface area (TPSA) is 33.2 Å². The number of nitrogens with zero attached hydrogens (tertiary/aromatic N) is 2. The number of piperidine rings is 1. The highest BCUT2D eigenvalue weighted by Gasteiger charge is 2.23. The summed E-state index contributed by atoms with van der Waals surface area (Å²) in [6.45, 7) is 3.69. The largest absolute Gasteiger partial charge is 0.339 e. The third-order valence-corrected chi connectivity index (χ3v) is 4.32. The van der Waals surface area contributed by atoms with Crippen molar-refractivity contribution in [2.45, 2.75) is 19.8 Å². The number of amides is 1. The molecule has 1 aliphatic heterocycles. The SMILES string of the molecule is CC1CCN(C(=O)c2cc3ccc(F)cc3nc2Cl)CC1. The normalized spacial score (nSPS) is 16.4. The summed E-state index contributed by atoms with van der Waals surface area (Å²) < 4.78 is 13.2. The zero-order valence-corrected chi connectivity index (χ0v) is 12.5. The standard InChI is InChI=1S/C16H16ClFN2O/c1-10-4-6-20(7-5-10)16(21)13-8-11-2-3-12(18)9-14(11)19-15(13)17/h2-3,8-10H,4-7H2,1H3. The zero-order valence-electron chi connectivity index (χ0n) is 11.8. The Bertz CT molecular complexity index is 696. The van der Waals surface area contributed by atoms with E-state index in [4.69, 9.17) is 11.6 Å². The number of carbonyl (C=O) groups is 1. The number of fused-ring (bicyclic) bond motifs is 1. The molecule has 1 aromatic heterocycles. The summed E-state index contributed by atoms with van der Waals surface area (Å²) in [4.78, 5) is 18.5. The van der Waals surface area contributed by atoms with Gasteiger partial charge in [-0.2, -0.15) is 0 Å². The molecule has 0 atom stereocenters. The molecule has 1 saturated heterocycles. The second-order valence-electron chi connectivity index (χ2n) is 5.64. The smallest absolute Gasteiger partial charge is 0.257 e. The van der Waals surface area contributed by atoms with Crippen molar-refractivity contribution in [3.8, 4) is 0 Å². The second-order valence-corrected chi connectivity index (χ2v) is 6.00. The third-order valence-electron chi connectivity index (χ3n) is 4.03. The van der Waals surface area contributed by atoms with Crippen molar-refractivity contribution in [2.24, 2.45) is 5.92 Å². The summed E-state index contributed by atoms with van der Waals surface area (Å²) in [5.74, 6) is 0.197. The molecule has 3 rings (SSSR count). The van der Waals surface area contributed by atoms with Crippen LogP contribution < -0.4 is 0 Å². The molecule has 5 heteroatoms. The summed E-state index contributed by atoms with van der Waals surface area (Å²) in [5.41, 5.74) is 0.856. The van der Waals surface area contributed by atoms with Crippen LogP contribution >= 0.6 is 11.6 Å². The highest BCUT2D eigenvalue weighted by atomic mass is 35.5. The van der Waals surface area contributed by atoms with Crippen LogP contribution in [0.15, 0.2) is 24.3 Å². The molecule has 0 radical (unpaired) electrons. The molecule has 1 amide bonds. The molecule has 0 unspecified atom stereocenters. The fourth-order valence-corrected chi connectivity index (χ4v) is 2.88. The Labute approximate surface area is 127 Å². The highest BCUT2D eigenvalue weighted by molar-refractivity contribution is 6.33. The van der Waals surface area contributed by atoms with Crippen LogP contribution in [-0.2, 0) is 0 Å². The molecular formula is C16H16ClFN2O. The summed E-state index contributed by atoms with van der Waals surface area (Å²) >= 11 is 6.12. The molecule has 1 aromatic carbocycles. The van der Waals surface area contributed by atoms with Gasteiger partial charge in [-0.15, -0.1) is 0 Å². The first-order chi connectivity index (χ1) is 10.0. The Balaban J connectivity index is 1.94. The van der Waals surface area contributed by atoms with Crippen LogP contribution in [0.4, 0.5) is 4.39 Å². The number of hydrogen-bond acceptors (Lipinski definition) is 2. The van der Waals surface area contributed by atoms with E-state index in [1.54, 1.807) is 12.1 Å². The van der Waals surface area contributed by atoms with Crippen LogP contribution in [0.3, 0.4) is 0 Å². The molecule has 0 N–H and O–H groups in total. The minimum Gasteiger partial charge on any atom is -0.339 e. The van der Waals surface area contributed by atoms with Crippen molar-refractivity contribution in [3.05, 3.63) is 40.8 Å². The molecule has 110 valence electrons. The number of likely N-dealkylation sites (tertiary alicyclic amines) is 1. The Morgan fingerprint density at radius 3 is 2.76 bits per heavy atom. The van der Waals surface area contributed by atoms with Crippen molar-refractivity contribution in [3.63, 3.8) is 0 Å². The molecule has 3 nitrogen and oxygen atoms in total. The number of hydrogen-bond donors (Lipinski definition) is 0. The first-order valence-electron chi connectivity index (χ1n) is 7.09. The van der Waals surface area contributed by atoms with Gasteiger partial charge in [-0.25, -0.2) is 9.37 Å². The molecule has 2 aromatic rings. The van der Waals surface area contributed by atoms with E-state index in [9.17, 15) is 9.18 Å². The molecule has 0 spiro atoms. The van der Waals surface area contributed by atoms with Crippen molar-refractivity contribution in [2.75, 3.05) is 13.1 Å². The number of rotatable bonds is 1. The van der Waals surface area contributed by atoms with E-state index >= 15 is 0 Å². The van der Waals surface area contributed by atoms with Crippen molar-refractivity contribution >= 4 is 28.4 Å². The summed E-state index contributed by atoms with van der Waals surface area (Å²) in [6.07, 6.45) is 2.02. The van der Waals surface area contributed by atoms with Gasteiger partial charge in [0.05, 0.1) is 11.1 Å². The van der Waals surface area contributed by atoms with Gasteiger partial charge in [-0.1, -0.05) is 18.5 Å². The van der Waals surface area contributed by atoms with E-state index in [1.807, 2.05) is 4.90 Å². The van der Waals surface area contributed by atoms with Gasteiger partial charge < -0.3 is 4.90 Å². The fraction of sp³-hybridized carbons (Fsp3) is 0.375. The van der Waals surface area contributed by atoms with E-state index in [2.05, 4.69) is 11.9 Å². The molecule has 0 bridgehead atoms. The first kappa shape index (κ1) is 14.3. The van der Waals surface area contributed by atoms with Gasteiger partial charge in [0.1, 0.15) is 11.0 Å². The lowest BCUT2D eigenvalue weighted by molar-refractivity contribution is 0.0697. The summed E-state index contributed by atoms with van der Waals surface area (Å²) in [6, 6.07) is 5.99. The van der Waals surface area contributed by atoms with Crippen molar-refractivity contribution in [1.82, 2.24) is 9.88 Å². The summed E-state index contributed by atoms with van der Waals surface area (Å²) in [7, 11) is 0. The van der Waals surface area contributed by atoms with E-state index < -0.39 is 0 Å². The lowest BCUT2D eigenvalue weighted by Crippen LogP contribution is -2.38. The summed E-state index contributed by atoms with van der Waals surface area (Å²) in [5, 5.41) is 0.853. The maximum absolute atomic E-state index is 13.2. The highest BCUT2D eigenvalue weighted by Crippen LogP contribution is 2.24. The number of pyridine rings is 1. The van der Waals surface area contributed by atoms with Crippen LogP contribution in [0.25, 0.3) is 10.9 Å². The van der Waals surface area contributed by atoms with E-state index in [-0.39, 0.29) is 16.9 Å². The van der Waals surface area contributed by atoms with Gasteiger partial charge in [0, 0.05) is 24.5 Å². The van der Waals surface area contributed by atoms with Crippen molar-refractivity contribution < 1.29 is 9.18 Å². The van der Waals surface area contributed by atoms with E-state index in [1.165, 1.54) is 12.1 Å². The monoisotopic (exact) mass is 306 g/mol. The van der Waals surface area contributed by atoms with Crippen LogP contribution in [0.2, 0.25) is 5.15 Å². The second kappa shape index (κ2) is 5.60. The maximum atomic E-state index is 13.2.